The molecule has 0 atom stereocenters. The number of aromatic nitrogens is 1. The maximum Gasteiger partial charge on any atom is 0.422 e. The first-order valence-corrected chi connectivity index (χ1v) is 3.95. The Labute approximate surface area is 83.4 Å². The molecule has 0 amide bonds. The van der Waals surface area contributed by atoms with Crippen LogP contribution < -0.4 is 5.73 Å². The number of halogens is 3. The summed E-state index contributed by atoms with van der Waals surface area (Å²) in [6.07, 6.45) is -3.11. The highest BCUT2D eigenvalue weighted by Crippen LogP contribution is 2.16. The number of carbonyl (C=O) groups is 1. The van der Waals surface area contributed by atoms with Gasteiger partial charge in [0.2, 0.25) is 0 Å². The first-order chi connectivity index (χ1) is 6.79. The molecule has 0 aromatic carbocycles. The summed E-state index contributed by atoms with van der Waals surface area (Å²) >= 11 is 0. The number of ether oxygens (including phenoxy) is 1. The van der Waals surface area contributed by atoms with Crippen LogP contribution in [0, 0.1) is 0 Å². The molecular formula is C8H9F3N2O2. The first kappa shape index (κ1) is 11.4. The van der Waals surface area contributed by atoms with Gasteiger partial charge < -0.3 is 15.0 Å². The van der Waals surface area contributed by atoms with Gasteiger partial charge in [0.1, 0.15) is 5.69 Å². The molecule has 7 heteroatoms. The molecule has 15 heavy (non-hydrogen) atoms. The average molecular weight is 222 g/mol. The number of anilines is 1. The molecular weight excluding hydrogens is 213 g/mol. The molecule has 0 unspecified atom stereocenters. The number of hydrogen-bond donors (Lipinski definition) is 1. The van der Waals surface area contributed by atoms with E-state index in [1.807, 2.05) is 0 Å². The van der Waals surface area contributed by atoms with Crippen LogP contribution in [0.15, 0.2) is 12.3 Å². The van der Waals surface area contributed by atoms with E-state index in [9.17, 15) is 18.0 Å². The monoisotopic (exact) mass is 222 g/mol. The van der Waals surface area contributed by atoms with Crippen molar-refractivity contribution in [3.63, 3.8) is 0 Å². The lowest BCUT2D eigenvalue weighted by Gasteiger charge is -2.07. The van der Waals surface area contributed by atoms with Gasteiger partial charge in [0, 0.05) is 13.2 Å². The average Bonchev–Trinajstić information content (AvgIpc) is 2.40. The Morgan fingerprint density at radius 3 is 2.60 bits per heavy atom. The summed E-state index contributed by atoms with van der Waals surface area (Å²) < 4.78 is 40.5. The highest BCUT2D eigenvalue weighted by atomic mass is 19.4. The standard InChI is InChI=1S/C8H9F3N2O2/c1-13-3-5(12)2-6(13)7(14)15-4-8(9,10)11/h2-3H,4,12H2,1H3. The minimum Gasteiger partial charge on any atom is -0.451 e. The van der Waals surface area contributed by atoms with E-state index in [4.69, 9.17) is 5.73 Å². The summed E-state index contributed by atoms with van der Waals surface area (Å²) in [5.74, 6) is -1.05. The molecule has 0 spiro atoms. The number of nitrogen functional groups attached to an aromatic ring is 1. The van der Waals surface area contributed by atoms with Gasteiger partial charge in [-0.3, -0.25) is 0 Å². The van der Waals surface area contributed by atoms with Gasteiger partial charge in [-0.1, -0.05) is 0 Å². The third-order valence-corrected chi connectivity index (χ3v) is 1.60. The molecule has 4 nitrogen and oxygen atoms in total. The zero-order valence-corrected chi connectivity index (χ0v) is 7.84. The van der Waals surface area contributed by atoms with Crippen molar-refractivity contribution >= 4 is 11.7 Å². The van der Waals surface area contributed by atoms with Gasteiger partial charge in [-0.15, -0.1) is 0 Å². The van der Waals surface area contributed by atoms with E-state index in [0.29, 0.717) is 0 Å². The summed E-state index contributed by atoms with van der Waals surface area (Å²) in [6.45, 7) is -1.60. The van der Waals surface area contributed by atoms with Crippen LogP contribution in [0.3, 0.4) is 0 Å². The molecule has 0 saturated carbocycles. The normalized spacial score (nSPS) is 11.5. The third-order valence-electron chi connectivity index (χ3n) is 1.60. The van der Waals surface area contributed by atoms with Crippen molar-refractivity contribution in [1.29, 1.82) is 0 Å². The van der Waals surface area contributed by atoms with Gasteiger partial charge in [-0.05, 0) is 6.07 Å². The molecule has 0 radical (unpaired) electrons. The highest BCUT2D eigenvalue weighted by Gasteiger charge is 2.30. The smallest absolute Gasteiger partial charge is 0.422 e. The summed E-state index contributed by atoms with van der Waals surface area (Å²) in [6, 6.07) is 1.25. The molecule has 0 aliphatic heterocycles. The van der Waals surface area contributed by atoms with Gasteiger partial charge in [0.05, 0.1) is 5.69 Å². The number of hydrogen-bond acceptors (Lipinski definition) is 3. The van der Waals surface area contributed by atoms with Crippen LogP contribution in [0.25, 0.3) is 0 Å². The zero-order valence-electron chi connectivity index (χ0n) is 7.84. The lowest BCUT2D eigenvalue weighted by atomic mass is 10.4. The first-order valence-electron chi connectivity index (χ1n) is 3.95. The van der Waals surface area contributed by atoms with Crippen LogP contribution in [-0.2, 0) is 11.8 Å². The van der Waals surface area contributed by atoms with Crippen molar-refractivity contribution < 1.29 is 22.7 Å². The largest absolute Gasteiger partial charge is 0.451 e. The number of esters is 1. The van der Waals surface area contributed by atoms with Crippen LogP contribution >= 0.6 is 0 Å². The lowest BCUT2D eigenvalue weighted by Crippen LogP contribution is -2.21. The Morgan fingerprint density at radius 1 is 1.60 bits per heavy atom. The fourth-order valence-corrected chi connectivity index (χ4v) is 1.01. The van der Waals surface area contributed by atoms with Crippen molar-refractivity contribution in [1.82, 2.24) is 4.57 Å². The van der Waals surface area contributed by atoms with Crippen LogP contribution in [0.5, 0.6) is 0 Å². The number of alkyl halides is 3. The molecule has 0 fully saturated rings. The van der Waals surface area contributed by atoms with E-state index in [-0.39, 0.29) is 11.4 Å². The molecule has 84 valence electrons. The topological polar surface area (TPSA) is 57.2 Å². The summed E-state index contributed by atoms with van der Waals surface area (Å²) in [4.78, 5) is 11.1. The second-order valence-electron chi connectivity index (χ2n) is 2.96. The summed E-state index contributed by atoms with van der Waals surface area (Å²) in [7, 11) is 1.49. The highest BCUT2D eigenvalue weighted by molar-refractivity contribution is 5.89. The fraction of sp³-hybridized carbons (Fsp3) is 0.375. The number of carbonyl (C=O) groups excluding carboxylic acids is 1. The predicted molar refractivity (Wildman–Crippen MR) is 46.2 cm³/mol. The number of aryl methyl sites for hydroxylation is 1. The van der Waals surface area contributed by atoms with Crippen molar-refractivity contribution in [2.45, 2.75) is 6.18 Å². The van der Waals surface area contributed by atoms with E-state index < -0.39 is 18.8 Å². The van der Waals surface area contributed by atoms with E-state index in [2.05, 4.69) is 4.74 Å². The molecule has 0 saturated heterocycles. The van der Waals surface area contributed by atoms with E-state index in [1.54, 1.807) is 0 Å². The third kappa shape index (κ3) is 3.19. The van der Waals surface area contributed by atoms with Crippen molar-refractivity contribution in [2.75, 3.05) is 12.3 Å². The van der Waals surface area contributed by atoms with Gasteiger partial charge in [0.25, 0.3) is 0 Å². The second-order valence-corrected chi connectivity index (χ2v) is 2.96. The molecule has 2 N–H and O–H groups in total. The Morgan fingerprint density at radius 2 is 2.20 bits per heavy atom. The molecule has 0 aliphatic rings. The number of rotatable bonds is 2. The maximum atomic E-state index is 11.7. The summed E-state index contributed by atoms with van der Waals surface area (Å²) in [5.41, 5.74) is 5.62. The van der Waals surface area contributed by atoms with E-state index in [1.165, 1.54) is 23.9 Å². The minimum atomic E-state index is -4.52. The SMILES string of the molecule is Cn1cc(N)cc1C(=O)OCC(F)(F)F. The van der Waals surface area contributed by atoms with Crippen LogP contribution in [0.4, 0.5) is 18.9 Å². The maximum absolute atomic E-state index is 11.7. The van der Waals surface area contributed by atoms with Crippen LogP contribution in [0.1, 0.15) is 10.5 Å². The molecule has 1 aromatic heterocycles. The van der Waals surface area contributed by atoms with E-state index >= 15 is 0 Å². The fourth-order valence-electron chi connectivity index (χ4n) is 1.01. The van der Waals surface area contributed by atoms with Gasteiger partial charge in [-0.25, -0.2) is 4.79 Å². The molecule has 1 rings (SSSR count). The Kier molecular flexibility index (Phi) is 2.92. The van der Waals surface area contributed by atoms with Gasteiger partial charge in [-0.2, -0.15) is 13.2 Å². The molecule has 0 bridgehead atoms. The van der Waals surface area contributed by atoms with Crippen LogP contribution in [-0.4, -0.2) is 23.3 Å². The zero-order chi connectivity index (χ0) is 11.6. The quantitative estimate of drug-likeness (QED) is 0.768. The Hall–Kier alpha value is -1.66. The number of nitrogens with two attached hydrogens (primary N) is 1. The van der Waals surface area contributed by atoms with E-state index in [0.717, 1.165) is 0 Å². The number of nitrogens with zero attached hydrogens (tertiary/aromatic N) is 1. The second kappa shape index (κ2) is 3.84. The van der Waals surface area contributed by atoms with Gasteiger partial charge in [0.15, 0.2) is 6.61 Å². The van der Waals surface area contributed by atoms with Crippen molar-refractivity contribution in [3.8, 4) is 0 Å². The van der Waals surface area contributed by atoms with Gasteiger partial charge >= 0.3 is 12.1 Å². The minimum absolute atomic E-state index is 0.0169. The summed E-state index contributed by atoms with van der Waals surface area (Å²) in [5, 5.41) is 0. The Bertz CT molecular complexity index is 370. The lowest BCUT2D eigenvalue weighted by molar-refractivity contribution is -0.161. The predicted octanol–water partition coefficient (Wildman–Crippen LogP) is 1.33. The Balaban J connectivity index is 2.66. The van der Waals surface area contributed by atoms with Crippen LogP contribution in [0.2, 0.25) is 0 Å². The molecule has 0 aliphatic carbocycles. The van der Waals surface area contributed by atoms with Crippen molar-refractivity contribution in [3.05, 3.63) is 18.0 Å². The van der Waals surface area contributed by atoms with Crippen molar-refractivity contribution in [2.24, 2.45) is 7.05 Å². The molecule has 1 heterocycles. The molecule has 1 aromatic rings.